The summed E-state index contributed by atoms with van der Waals surface area (Å²) in [4.78, 5) is 19.4. The molecule has 26 heavy (non-hydrogen) atoms. The Balaban J connectivity index is 1.80. The number of ether oxygens (including phenoxy) is 1. The van der Waals surface area contributed by atoms with Crippen LogP contribution in [-0.2, 0) is 4.74 Å². The minimum Gasteiger partial charge on any atom is -0.378 e. The van der Waals surface area contributed by atoms with E-state index < -0.39 is 0 Å². The molecule has 0 unspecified atom stereocenters. The predicted molar refractivity (Wildman–Crippen MR) is 103 cm³/mol. The second-order valence-corrected chi connectivity index (χ2v) is 6.54. The lowest BCUT2D eigenvalue weighted by molar-refractivity contribution is 0.0303. The Kier molecular flexibility index (Phi) is 4.73. The second kappa shape index (κ2) is 7.32. The molecule has 5 nitrogen and oxygen atoms in total. The van der Waals surface area contributed by atoms with E-state index in [9.17, 15) is 4.79 Å². The minimum atomic E-state index is -0.0453. The molecule has 1 amide bonds. The zero-order valence-electron chi connectivity index (χ0n) is 14.1. The van der Waals surface area contributed by atoms with Gasteiger partial charge in [0.25, 0.3) is 5.91 Å². The summed E-state index contributed by atoms with van der Waals surface area (Å²) in [5.41, 5.74) is 2.94. The van der Waals surface area contributed by atoms with Gasteiger partial charge in [0.1, 0.15) is 0 Å². The van der Waals surface area contributed by atoms with Crippen molar-refractivity contribution >= 4 is 39.8 Å². The number of carbonyl (C=O) groups is 1. The van der Waals surface area contributed by atoms with Crippen LogP contribution in [0.4, 0.5) is 11.4 Å². The fourth-order valence-corrected chi connectivity index (χ4v) is 3.28. The van der Waals surface area contributed by atoms with E-state index in [0.717, 1.165) is 22.3 Å². The first kappa shape index (κ1) is 16.8. The molecular weight excluding hydrogens is 350 g/mol. The summed E-state index contributed by atoms with van der Waals surface area (Å²) in [6.45, 7) is 2.29. The van der Waals surface area contributed by atoms with Gasteiger partial charge in [-0.05, 0) is 24.3 Å². The molecule has 2 aromatic carbocycles. The van der Waals surface area contributed by atoms with Gasteiger partial charge in [-0.25, -0.2) is 0 Å². The summed E-state index contributed by atoms with van der Waals surface area (Å²) in [6.07, 6.45) is 1.65. The third-order valence-electron chi connectivity index (χ3n) is 4.40. The van der Waals surface area contributed by atoms with Crippen LogP contribution in [0.5, 0.6) is 0 Å². The Morgan fingerprint density at radius 2 is 1.92 bits per heavy atom. The maximum atomic E-state index is 13.1. The van der Waals surface area contributed by atoms with Gasteiger partial charge in [-0.2, -0.15) is 0 Å². The molecule has 1 saturated heterocycles. The third-order valence-corrected chi connectivity index (χ3v) is 4.63. The number of benzene rings is 2. The standard InChI is InChI=1S/C20H18ClN3O2/c21-14-4-3-5-15(12-14)23-19-16-6-1-2-7-18(16)22-13-17(19)20(25)24-8-10-26-11-9-24/h1-7,12-13H,8-11H2,(H,22,23). The van der Waals surface area contributed by atoms with Crippen molar-refractivity contribution in [3.05, 3.63) is 65.3 Å². The van der Waals surface area contributed by atoms with Crippen molar-refractivity contribution < 1.29 is 9.53 Å². The average molecular weight is 368 g/mol. The molecule has 0 radical (unpaired) electrons. The summed E-state index contributed by atoms with van der Waals surface area (Å²) < 4.78 is 5.36. The van der Waals surface area contributed by atoms with Crippen molar-refractivity contribution in [2.75, 3.05) is 31.6 Å². The van der Waals surface area contributed by atoms with Crippen molar-refractivity contribution in [2.45, 2.75) is 0 Å². The number of carbonyl (C=O) groups excluding carboxylic acids is 1. The Morgan fingerprint density at radius 3 is 2.73 bits per heavy atom. The van der Waals surface area contributed by atoms with E-state index in [1.165, 1.54) is 0 Å². The van der Waals surface area contributed by atoms with Crippen LogP contribution in [-0.4, -0.2) is 42.1 Å². The monoisotopic (exact) mass is 367 g/mol. The smallest absolute Gasteiger partial charge is 0.257 e. The molecule has 0 bridgehead atoms. The van der Waals surface area contributed by atoms with Crippen LogP contribution in [0.1, 0.15) is 10.4 Å². The number of fused-ring (bicyclic) bond motifs is 1. The maximum absolute atomic E-state index is 13.1. The quantitative estimate of drug-likeness (QED) is 0.757. The number of pyridine rings is 1. The van der Waals surface area contributed by atoms with Crippen LogP contribution < -0.4 is 5.32 Å². The molecule has 4 rings (SSSR count). The Bertz CT molecular complexity index is 955. The average Bonchev–Trinajstić information content (AvgIpc) is 2.68. The SMILES string of the molecule is O=C(c1cnc2ccccc2c1Nc1cccc(Cl)c1)N1CCOCC1. The fraction of sp³-hybridized carbons (Fsp3) is 0.200. The largest absolute Gasteiger partial charge is 0.378 e. The van der Waals surface area contributed by atoms with Crippen molar-refractivity contribution in [3.8, 4) is 0 Å². The molecule has 1 aliphatic rings. The molecule has 0 saturated carbocycles. The molecule has 1 aliphatic heterocycles. The van der Waals surface area contributed by atoms with E-state index in [2.05, 4.69) is 10.3 Å². The lowest BCUT2D eigenvalue weighted by Crippen LogP contribution is -2.41. The second-order valence-electron chi connectivity index (χ2n) is 6.10. The highest BCUT2D eigenvalue weighted by atomic mass is 35.5. The molecule has 1 N–H and O–H groups in total. The zero-order chi connectivity index (χ0) is 17.9. The summed E-state index contributed by atoms with van der Waals surface area (Å²) in [5, 5.41) is 4.90. The number of rotatable bonds is 3. The molecule has 132 valence electrons. The molecule has 1 fully saturated rings. The van der Waals surface area contributed by atoms with Crippen LogP contribution in [0.15, 0.2) is 54.7 Å². The number of amides is 1. The predicted octanol–water partition coefficient (Wildman–Crippen LogP) is 4.10. The van der Waals surface area contributed by atoms with Gasteiger partial charge in [-0.1, -0.05) is 35.9 Å². The molecular formula is C20H18ClN3O2. The number of halogens is 1. The fourth-order valence-electron chi connectivity index (χ4n) is 3.09. The molecule has 0 atom stereocenters. The van der Waals surface area contributed by atoms with E-state index in [4.69, 9.17) is 16.3 Å². The number of para-hydroxylation sites is 1. The van der Waals surface area contributed by atoms with Crippen molar-refractivity contribution in [1.29, 1.82) is 0 Å². The van der Waals surface area contributed by atoms with Crippen molar-refractivity contribution in [2.24, 2.45) is 0 Å². The number of anilines is 2. The Hall–Kier alpha value is -2.63. The van der Waals surface area contributed by atoms with Gasteiger partial charge in [-0.3, -0.25) is 9.78 Å². The van der Waals surface area contributed by atoms with Gasteiger partial charge in [-0.15, -0.1) is 0 Å². The third kappa shape index (κ3) is 3.36. The van der Waals surface area contributed by atoms with Gasteiger partial charge < -0.3 is 15.0 Å². The first-order valence-corrected chi connectivity index (χ1v) is 8.87. The van der Waals surface area contributed by atoms with Crippen molar-refractivity contribution in [1.82, 2.24) is 9.88 Å². The molecule has 6 heteroatoms. The molecule has 0 aliphatic carbocycles. The number of morpholine rings is 1. The van der Waals surface area contributed by atoms with Gasteiger partial charge in [0.05, 0.1) is 30.0 Å². The highest BCUT2D eigenvalue weighted by Crippen LogP contribution is 2.30. The highest BCUT2D eigenvalue weighted by Gasteiger charge is 2.23. The van der Waals surface area contributed by atoms with E-state index in [0.29, 0.717) is 36.9 Å². The number of aromatic nitrogens is 1. The van der Waals surface area contributed by atoms with Crippen LogP contribution >= 0.6 is 11.6 Å². The lowest BCUT2D eigenvalue weighted by Gasteiger charge is -2.28. The van der Waals surface area contributed by atoms with Crippen LogP contribution in [0.25, 0.3) is 10.9 Å². The van der Waals surface area contributed by atoms with Crippen LogP contribution in [0.3, 0.4) is 0 Å². The first-order chi connectivity index (χ1) is 12.7. The first-order valence-electron chi connectivity index (χ1n) is 8.50. The summed E-state index contributed by atoms with van der Waals surface area (Å²) in [7, 11) is 0. The summed E-state index contributed by atoms with van der Waals surface area (Å²) in [6, 6.07) is 15.2. The van der Waals surface area contributed by atoms with Gasteiger partial charge in [0, 0.05) is 35.4 Å². The van der Waals surface area contributed by atoms with E-state index in [1.54, 1.807) is 11.1 Å². The topological polar surface area (TPSA) is 54.5 Å². The van der Waals surface area contributed by atoms with E-state index in [-0.39, 0.29) is 5.91 Å². The van der Waals surface area contributed by atoms with E-state index >= 15 is 0 Å². The molecule has 0 spiro atoms. The number of nitrogens with one attached hydrogen (secondary N) is 1. The van der Waals surface area contributed by atoms with E-state index in [1.807, 2.05) is 48.5 Å². The molecule has 2 heterocycles. The molecule has 1 aromatic heterocycles. The van der Waals surface area contributed by atoms with Crippen LogP contribution in [0, 0.1) is 0 Å². The summed E-state index contributed by atoms with van der Waals surface area (Å²) in [5.74, 6) is -0.0453. The Morgan fingerprint density at radius 1 is 1.12 bits per heavy atom. The highest BCUT2D eigenvalue weighted by molar-refractivity contribution is 6.30. The number of hydrogen-bond acceptors (Lipinski definition) is 4. The van der Waals surface area contributed by atoms with Gasteiger partial charge >= 0.3 is 0 Å². The van der Waals surface area contributed by atoms with Gasteiger partial charge in [0.15, 0.2) is 0 Å². The lowest BCUT2D eigenvalue weighted by atomic mass is 10.1. The van der Waals surface area contributed by atoms with Gasteiger partial charge in [0.2, 0.25) is 0 Å². The maximum Gasteiger partial charge on any atom is 0.257 e. The summed E-state index contributed by atoms with van der Waals surface area (Å²) >= 11 is 6.11. The molecule has 3 aromatic rings. The zero-order valence-corrected chi connectivity index (χ0v) is 14.9. The minimum absolute atomic E-state index is 0.0453. The Labute approximate surface area is 156 Å². The normalized spacial score (nSPS) is 14.4. The number of hydrogen-bond donors (Lipinski definition) is 1. The number of nitrogens with zero attached hydrogens (tertiary/aromatic N) is 2. The van der Waals surface area contributed by atoms with Crippen molar-refractivity contribution in [3.63, 3.8) is 0 Å². The van der Waals surface area contributed by atoms with Crippen LogP contribution in [0.2, 0.25) is 5.02 Å².